The van der Waals surface area contributed by atoms with Crippen LogP contribution in [-0.4, -0.2) is 23.2 Å². The van der Waals surface area contributed by atoms with Crippen molar-refractivity contribution >= 4 is 5.91 Å². The van der Waals surface area contributed by atoms with E-state index in [4.69, 9.17) is 0 Å². The maximum Gasteiger partial charge on any atom is 0.224 e. The van der Waals surface area contributed by atoms with Gasteiger partial charge >= 0.3 is 0 Å². The zero-order valence-corrected chi connectivity index (χ0v) is 12.9. The third-order valence-corrected chi connectivity index (χ3v) is 3.78. The molecule has 0 aliphatic heterocycles. The minimum Gasteiger partial charge on any atom is -0.394 e. The smallest absolute Gasteiger partial charge is 0.224 e. The summed E-state index contributed by atoms with van der Waals surface area (Å²) in [5.41, 5.74) is 1.82. The van der Waals surface area contributed by atoms with Crippen molar-refractivity contribution in [2.45, 2.75) is 58.4 Å². The highest BCUT2D eigenvalue weighted by molar-refractivity contribution is 5.79. The molecule has 0 aliphatic rings. The van der Waals surface area contributed by atoms with Crippen LogP contribution in [0.2, 0.25) is 0 Å². The number of amides is 1. The summed E-state index contributed by atoms with van der Waals surface area (Å²) in [5.74, 6) is -0.0373. The molecule has 0 saturated heterocycles. The van der Waals surface area contributed by atoms with Crippen LogP contribution in [0.4, 0.5) is 0 Å². The van der Waals surface area contributed by atoms with Crippen molar-refractivity contribution in [1.82, 2.24) is 5.32 Å². The Balaban J connectivity index is 2.54. The number of hydrogen-bond donors (Lipinski definition) is 2. The van der Waals surface area contributed by atoms with E-state index in [9.17, 15) is 9.90 Å². The van der Waals surface area contributed by atoms with Gasteiger partial charge in [-0.1, -0.05) is 44.5 Å². The summed E-state index contributed by atoms with van der Waals surface area (Å²) in [4.78, 5) is 12.0. The molecule has 1 amide bonds. The number of hydrogen-bond acceptors (Lipinski definition) is 2. The molecule has 0 aliphatic carbocycles. The molecule has 1 unspecified atom stereocenters. The Kier molecular flexibility index (Phi) is 6.73. The van der Waals surface area contributed by atoms with Gasteiger partial charge in [-0.15, -0.1) is 0 Å². The maximum atomic E-state index is 12.0. The number of unbranched alkanes of at least 4 members (excludes halogenated alkanes) is 1. The molecule has 1 aromatic rings. The van der Waals surface area contributed by atoms with E-state index in [2.05, 4.69) is 24.4 Å². The van der Waals surface area contributed by atoms with Crippen LogP contribution in [-0.2, 0) is 17.6 Å². The van der Waals surface area contributed by atoms with Gasteiger partial charge in [0.05, 0.1) is 18.6 Å². The van der Waals surface area contributed by atoms with Gasteiger partial charge in [0.1, 0.15) is 0 Å². The molecule has 0 fully saturated rings. The summed E-state index contributed by atoms with van der Waals surface area (Å²) in [6.07, 6.45) is 4.57. The van der Waals surface area contributed by atoms with E-state index in [-0.39, 0.29) is 12.5 Å². The number of rotatable bonds is 8. The second kappa shape index (κ2) is 8.05. The Morgan fingerprint density at radius 1 is 1.20 bits per heavy atom. The van der Waals surface area contributed by atoms with Crippen molar-refractivity contribution < 1.29 is 9.90 Å². The van der Waals surface area contributed by atoms with Crippen molar-refractivity contribution in [3.8, 4) is 0 Å². The molecule has 1 atom stereocenters. The van der Waals surface area contributed by atoms with Crippen molar-refractivity contribution in [2.24, 2.45) is 0 Å². The van der Waals surface area contributed by atoms with Crippen molar-refractivity contribution in [3.05, 3.63) is 35.4 Å². The monoisotopic (exact) mass is 277 g/mol. The Labute approximate surface area is 122 Å². The van der Waals surface area contributed by atoms with E-state index in [1.807, 2.05) is 26.0 Å². The fraction of sp³-hybridized carbons (Fsp3) is 0.588. The number of benzene rings is 1. The minimum absolute atomic E-state index is 0.0365. The van der Waals surface area contributed by atoms with Gasteiger partial charge in [-0.3, -0.25) is 4.79 Å². The highest BCUT2D eigenvalue weighted by Crippen LogP contribution is 2.11. The van der Waals surface area contributed by atoms with E-state index in [0.29, 0.717) is 12.8 Å². The quantitative estimate of drug-likeness (QED) is 0.767. The van der Waals surface area contributed by atoms with Gasteiger partial charge in [0.2, 0.25) is 5.91 Å². The van der Waals surface area contributed by atoms with Crippen molar-refractivity contribution in [3.63, 3.8) is 0 Å². The van der Waals surface area contributed by atoms with Crippen LogP contribution in [0.25, 0.3) is 0 Å². The average molecular weight is 277 g/mol. The van der Waals surface area contributed by atoms with Crippen LogP contribution in [0, 0.1) is 0 Å². The molecule has 2 N–H and O–H groups in total. The lowest BCUT2D eigenvalue weighted by Crippen LogP contribution is -2.48. The van der Waals surface area contributed by atoms with E-state index >= 15 is 0 Å². The topological polar surface area (TPSA) is 49.3 Å². The first-order valence-electron chi connectivity index (χ1n) is 7.52. The molecule has 20 heavy (non-hydrogen) atoms. The van der Waals surface area contributed by atoms with Gasteiger partial charge in [0.25, 0.3) is 0 Å². The van der Waals surface area contributed by atoms with Crippen molar-refractivity contribution in [1.29, 1.82) is 0 Å². The molecule has 112 valence electrons. The average Bonchev–Trinajstić information content (AvgIpc) is 2.46. The molecule has 3 nitrogen and oxygen atoms in total. The zero-order chi connectivity index (χ0) is 15.0. The standard InChI is InChI=1S/C17H27NO2/c1-4-6-7-14-8-10-15(11-9-14)12-16(20)18-17(3,5-2)13-19/h8-11,19H,4-7,12-13H2,1-3H3,(H,18,20). The van der Waals surface area contributed by atoms with Gasteiger partial charge in [-0.2, -0.15) is 0 Å². The lowest BCUT2D eigenvalue weighted by molar-refractivity contribution is -0.122. The number of nitrogens with one attached hydrogen (secondary N) is 1. The second-order valence-electron chi connectivity index (χ2n) is 5.72. The van der Waals surface area contributed by atoms with E-state index in [1.54, 1.807) is 0 Å². The lowest BCUT2D eigenvalue weighted by atomic mass is 9.99. The number of carbonyl (C=O) groups is 1. The molecule has 0 heterocycles. The SMILES string of the molecule is CCCCc1ccc(CC(=O)NC(C)(CC)CO)cc1. The molecule has 1 aromatic carbocycles. The summed E-state index contributed by atoms with van der Waals surface area (Å²) in [6, 6.07) is 8.24. The molecular weight excluding hydrogens is 250 g/mol. The molecule has 1 rings (SSSR count). The zero-order valence-electron chi connectivity index (χ0n) is 12.9. The fourth-order valence-electron chi connectivity index (χ4n) is 2.01. The molecule has 3 heteroatoms. The predicted molar refractivity (Wildman–Crippen MR) is 82.7 cm³/mol. The van der Waals surface area contributed by atoms with Gasteiger partial charge in [-0.25, -0.2) is 0 Å². The molecular formula is C17H27NO2. The van der Waals surface area contributed by atoms with E-state index < -0.39 is 5.54 Å². The van der Waals surface area contributed by atoms with Gasteiger partial charge < -0.3 is 10.4 Å². The maximum absolute atomic E-state index is 12.0. The number of carbonyl (C=O) groups excluding carboxylic acids is 1. The van der Waals surface area contributed by atoms with Crippen LogP contribution in [0.1, 0.15) is 51.2 Å². The van der Waals surface area contributed by atoms with Crippen LogP contribution in [0.5, 0.6) is 0 Å². The van der Waals surface area contributed by atoms with Crippen molar-refractivity contribution in [2.75, 3.05) is 6.61 Å². The van der Waals surface area contributed by atoms with Crippen LogP contribution < -0.4 is 5.32 Å². The number of aliphatic hydroxyl groups is 1. The molecule has 0 spiro atoms. The highest BCUT2D eigenvalue weighted by Gasteiger charge is 2.22. The van der Waals surface area contributed by atoms with Crippen LogP contribution in [0.15, 0.2) is 24.3 Å². The number of aliphatic hydroxyl groups excluding tert-OH is 1. The van der Waals surface area contributed by atoms with E-state index in [1.165, 1.54) is 18.4 Å². The molecule has 0 bridgehead atoms. The summed E-state index contributed by atoms with van der Waals surface area (Å²) in [6.45, 7) is 5.97. The summed E-state index contributed by atoms with van der Waals surface area (Å²) in [7, 11) is 0. The largest absolute Gasteiger partial charge is 0.394 e. The Morgan fingerprint density at radius 3 is 2.30 bits per heavy atom. The Hall–Kier alpha value is -1.35. The third kappa shape index (κ3) is 5.33. The third-order valence-electron chi connectivity index (χ3n) is 3.78. The molecule has 0 saturated carbocycles. The first kappa shape index (κ1) is 16.7. The summed E-state index contributed by atoms with van der Waals surface area (Å²) < 4.78 is 0. The lowest BCUT2D eigenvalue weighted by Gasteiger charge is -2.27. The minimum atomic E-state index is -0.516. The predicted octanol–water partition coefficient (Wildman–Crippen LogP) is 2.85. The molecule has 0 radical (unpaired) electrons. The van der Waals surface area contributed by atoms with Gasteiger partial charge in [0.15, 0.2) is 0 Å². The Bertz CT molecular complexity index is 408. The second-order valence-corrected chi connectivity index (χ2v) is 5.72. The van der Waals surface area contributed by atoms with Gasteiger partial charge in [0, 0.05) is 0 Å². The summed E-state index contributed by atoms with van der Waals surface area (Å²) in [5, 5.41) is 12.2. The van der Waals surface area contributed by atoms with Gasteiger partial charge in [-0.05, 0) is 37.3 Å². The number of aryl methyl sites for hydroxylation is 1. The summed E-state index contributed by atoms with van der Waals surface area (Å²) >= 11 is 0. The normalized spacial score (nSPS) is 13.8. The Morgan fingerprint density at radius 2 is 1.80 bits per heavy atom. The highest BCUT2D eigenvalue weighted by atomic mass is 16.3. The van der Waals surface area contributed by atoms with Crippen LogP contribution >= 0.6 is 0 Å². The fourth-order valence-corrected chi connectivity index (χ4v) is 2.01. The molecule has 0 aromatic heterocycles. The van der Waals surface area contributed by atoms with Crippen LogP contribution in [0.3, 0.4) is 0 Å². The first-order valence-corrected chi connectivity index (χ1v) is 7.52. The first-order chi connectivity index (χ1) is 9.53. The van der Waals surface area contributed by atoms with E-state index in [0.717, 1.165) is 12.0 Å².